The lowest BCUT2D eigenvalue weighted by Crippen LogP contribution is -2.33. The Labute approximate surface area is 234 Å². The molecule has 224 valence electrons. The van der Waals surface area contributed by atoms with Gasteiger partial charge in [0.15, 0.2) is 12.6 Å². The molecule has 2 heterocycles. The summed E-state index contributed by atoms with van der Waals surface area (Å²) < 4.78 is 44.2. The maximum Gasteiger partial charge on any atom is 0.305 e. The first-order valence-electron chi connectivity index (χ1n) is 15.3. The van der Waals surface area contributed by atoms with Gasteiger partial charge >= 0.3 is 5.97 Å². The van der Waals surface area contributed by atoms with E-state index < -0.39 is 18.4 Å². The SMILES string of the molecule is CCCC[C@@H](F)C(C=C[C@@H]1[C@@H](CC=CCCCC(=O)OC)[C@@H](O)C[C@H]1OC1CCCCO1)O[C@@H]1CCCCO1. The van der Waals surface area contributed by atoms with Gasteiger partial charge < -0.3 is 28.8 Å². The maximum absolute atomic E-state index is 15.4. The van der Waals surface area contributed by atoms with E-state index in [1.54, 1.807) is 0 Å². The lowest BCUT2D eigenvalue weighted by Gasteiger charge is -2.30. The molecule has 3 rings (SSSR count). The third kappa shape index (κ3) is 11.2. The van der Waals surface area contributed by atoms with Crippen LogP contribution in [0.15, 0.2) is 24.3 Å². The quantitative estimate of drug-likeness (QED) is 0.139. The Kier molecular flexibility index (Phi) is 15.0. The van der Waals surface area contributed by atoms with Crippen LogP contribution in [0.4, 0.5) is 4.39 Å². The van der Waals surface area contributed by atoms with E-state index in [4.69, 9.17) is 23.7 Å². The number of hydrogen-bond acceptors (Lipinski definition) is 7. The summed E-state index contributed by atoms with van der Waals surface area (Å²) in [5, 5.41) is 11.0. The molecule has 1 N–H and O–H groups in total. The average molecular weight is 555 g/mol. The van der Waals surface area contributed by atoms with Gasteiger partial charge in [-0.2, -0.15) is 0 Å². The zero-order chi connectivity index (χ0) is 27.9. The second-order valence-electron chi connectivity index (χ2n) is 11.1. The number of aliphatic hydroxyl groups excluding tert-OH is 1. The fourth-order valence-electron chi connectivity index (χ4n) is 5.73. The Bertz CT molecular complexity index is 732. The molecule has 1 aliphatic carbocycles. The molecule has 2 aliphatic heterocycles. The second-order valence-corrected chi connectivity index (χ2v) is 11.1. The van der Waals surface area contributed by atoms with Crippen LogP contribution in [0.5, 0.6) is 0 Å². The lowest BCUT2D eigenvalue weighted by atomic mass is 9.89. The van der Waals surface area contributed by atoms with Crippen molar-refractivity contribution in [2.24, 2.45) is 11.8 Å². The summed E-state index contributed by atoms with van der Waals surface area (Å²) in [5.74, 6) is -0.362. The number of aliphatic hydroxyl groups is 1. The molecular formula is C31H51FO7. The maximum atomic E-state index is 15.4. The van der Waals surface area contributed by atoms with Crippen molar-refractivity contribution >= 4 is 5.97 Å². The minimum absolute atomic E-state index is 0.0630. The van der Waals surface area contributed by atoms with Crippen LogP contribution in [0.1, 0.15) is 96.8 Å². The van der Waals surface area contributed by atoms with Crippen molar-refractivity contribution in [3.05, 3.63) is 24.3 Å². The Balaban J connectivity index is 1.69. The number of carbonyl (C=O) groups excluding carboxylic acids is 1. The highest BCUT2D eigenvalue weighted by molar-refractivity contribution is 5.69. The van der Waals surface area contributed by atoms with Gasteiger partial charge in [-0.15, -0.1) is 0 Å². The molecule has 1 saturated carbocycles. The predicted molar refractivity (Wildman–Crippen MR) is 148 cm³/mol. The number of ether oxygens (including phenoxy) is 5. The first-order valence-corrected chi connectivity index (χ1v) is 15.3. The average Bonchev–Trinajstić information content (AvgIpc) is 3.25. The van der Waals surface area contributed by atoms with Crippen LogP contribution in [0, 0.1) is 11.8 Å². The van der Waals surface area contributed by atoms with Crippen LogP contribution in [0.25, 0.3) is 0 Å². The lowest BCUT2D eigenvalue weighted by molar-refractivity contribution is -0.193. The molecule has 39 heavy (non-hydrogen) atoms. The minimum atomic E-state index is -1.12. The molecule has 0 bridgehead atoms. The zero-order valence-electron chi connectivity index (χ0n) is 24.0. The van der Waals surface area contributed by atoms with E-state index >= 15 is 4.39 Å². The summed E-state index contributed by atoms with van der Waals surface area (Å²) in [4.78, 5) is 11.3. The molecule has 8 atom stereocenters. The number of unbranched alkanes of at least 4 members (excludes halogenated alkanes) is 2. The molecule has 0 spiro atoms. The fraction of sp³-hybridized carbons (Fsp3) is 0.839. The largest absolute Gasteiger partial charge is 0.469 e. The normalized spacial score (nSPS) is 31.6. The van der Waals surface area contributed by atoms with Crippen LogP contribution in [-0.2, 0) is 28.5 Å². The van der Waals surface area contributed by atoms with E-state index in [0.29, 0.717) is 38.9 Å². The van der Waals surface area contributed by atoms with Crippen LogP contribution in [-0.4, -0.2) is 68.5 Å². The smallest absolute Gasteiger partial charge is 0.305 e. The Morgan fingerprint density at radius 1 is 1.08 bits per heavy atom. The first-order chi connectivity index (χ1) is 19.0. The van der Waals surface area contributed by atoms with Crippen molar-refractivity contribution in [1.29, 1.82) is 0 Å². The van der Waals surface area contributed by atoms with Crippen molar-refractivity contribution in [2.45, 2.75) is 134 Å². The van der Waals surface area contributed by atoms with Gasteiger partial charge in [-0.25, -0.2) is 4.39 Å². The van der Waals surface area contributed by atoms with Crippen LogP contribution >= 0.6 is 0 Å². The summed E-state index contributed by atoms with van der Waals surface area (Å²) >= 11 is 0. The van der Waals surface area contributed by atoms with Crippen LogP contribution in [0.2, 0.25) is 0 Å². The standard InChI is InChI=1S/C31H51FO7/c1-3-4-14-25(32)27(38-30-16-9-11-20-36-30)19-18-24-23(13-7-5-6-8-15-29(34)35-2)26(33)22-28(24)39-31-17-10-12-21-37-31/h5,7,18-19,23-28,30-31,33H,3-4,6,8-17,20-22H2,1-2H3/t23-,24-,25-,26+,27?,28-,30-,31?/m1/s1. The molecule has 0 aromatic carbocycles. The molecule has 0 aromatic heterocycles. The van der Waals surface area contributed by atoms with E-state index in [1.165, 1.54) is 7.11 Å². The molecule has 2 unspecified atom stereocenters. The number of alkyl halides is 1. The molecule has 3 aliphatic rings. The molecule has 2 saturated heterocycles. The minimum Gasteiger partial charge on any atom is -0.469 e. The molecular weight excluding hydrogens is 503 g/mol. The van der Waals surface area contributed by atoms with Crippen molar-refractivity contribution in [3.8, 4) is 0 Å². The van der Waals surface area contributed by atoms with Gasteiger partial charge in [0.05, 0.1) is 19.3 Å². The fourth-order valence-corrected chi connectivity index (χ4v) is 5.73. The number of hydrogen-bond donors (Lipinski definition) is 1. The summed E-state index contributed by atoms with van der Waals surface area (Å²) in [6.45, 7) is 3.40. The number of rotatable bonds is 16. The Hall–Kier alpha value is -1.32. The van der Waals surface area contributed by atoms with Crippen LogP contribution in [0.3, 0.4) is 0 Å². The van der Waals surface area contributed by atoms with Gasteiger partial charge in [0, 0.05) is 32.0 Å². The van der Waals surface area contributed by atoms with E-state index in [1.807, 2.05) is 12.2 Å². The first kappa shape index (κ1) is 32.2. The number of esters is 1. The monoisotopic (exact) mass is 554 g/mol. The van der Waals surface area contributed by atoms with Crippen molar-refractivity contribution in [1.82, 2.24) is 0 Å². The highest BCUT2D eigenvalue weighted by atomic mass is 19.1. The Morgan fingerprint density at radius 2 is 1.82 bits per heavy atom. The van der Waals surface area contributed by atoms with Gasteiger partial charge in [-0.3, -0.25) is 4.79 Å². The van der Waals surface area contributed by atoms with E-state index in [9.17, 15) is 9.90 Å². The third-order valence-electron chi connectivity index (χ3n) is 8.07. The molecule has 8 heteroatoms. The molecule has 0 aromatic rings. The van der Waals surface area contributed by atoms with Gasteiger partial charge in [-0.1, -0.05) is 44.1 Å². The van der Waals surface area contributed by atoms with Gasteiger partial charge in [0.1, 0.15) is 12.3 Å². The summed E-state index contributed by atoms with van der Waals surface area (Å²) in [5.41, 5.74) is 0. The topological polar surface area (TPSA) is 83.5 Å². The van der Waals surface area contributed by atoms with E-state index in [-0.39, 0.29) is 36.5 Å². The number of methoxy groups -OCH3 is 1. The second kappa shape index (κ2) is 18.2. The Morgan fingerprint density at radius 3 is 2.49 bits per heavy atom. The zero-order valence-corrected chi connectivity index (χ0v) is 24.0. The third-order valence-corrected chi connectivity index (χ3v) is 8.07. The van der Waals surface area contributed by atoms with Gasteiger partial charge in [0.2, 0.25) is 0 Å². The van der Waals surface area contributed by atoms with Gasteiger partial charge in [0.25, 0.3) is 0 Å². The summed E-state index contributed by atoms with van der Waals surface area (Å²) in [7, 11) is 1.40. The number of allylic oxidation sites excluding steroid dienone is 2. The summed E-state index contributed by atoms with van der Waals surface area (Å²) in [6, 6.07) is 0. The van der Waals surface area contributed by atoms with Crippen LogP contribution < -0.4 is 0 Å². The van der Waals surface area contributed by atoms with Crippen molar-refractivity contribution in [2.75, 3.05) is 20.3 Å². The predicted octanol–water partition coefficient (Wildman–Crippen LogP) is 6.18. The highest BCUT2D eigenvalue weighted by Crippen LogP contribution is 2.40. The van der Waals surface area contributed by atoms with E-state index in [2.05, 4.69) is 19.1 Å². The number of halogens is 1. The number of carbonyl (C=O) groups is 1. The highest BCUT2D eigenvalue weighted by Gasteiger charge is 2.42. The molecule has 0 amide bonds. The molecule has 7 nitrogen and oxygen atoms in total. The van der Waals surface area contributed by atoms with E-state index in [0.717, 1.165) is 64.2 Å². The molecule has 3 fully saturated rings. The van der Waals surface area contributed by atoms with Crippen molar-refractivity contribution < 1.29 is 38.0 Å². The molecule has 0 radical (unpaired) electrons. The van der Waals surface area contributed by atoms with Gasteiger partial charge in [-0.05, 0) is 70.1 Å². The van der Waals surface area contributed by atoms with Crippen molar-refractivity contribution in [3.63, 3.8) is 0 Å². The summed E-state index contributed by atoms with van der Waals surface area (Å²) in [6.07, 6.45) is 15.8.